The van der Waals surface area contributed by atoms with E-state index in [4.69, 9.17) is 0 Å². The smallest absolute Gasteiger partial charge is 0.358 e. The van der Waals surface area contributed by atoms with Crippen LogP contribution >= 0.6 is 0 Å². The van der Waals surface area contributed by atoms with Gasteiger partial charge in [0.2, 0.25) is 0 Å². The molecule has 2 aliphatic rings. The van der Waals surface area contributed by atoms with Crippen molar-refractivity contribution in [3.05, 3.63) is 18.1 Å². The van der Waals surface area contributed by atoms with Crippen LogP contribution in [0.3, 0.4) is 0 Å². The maximum Gasteiger partial charge on any atom is 0.358 e. The summed E-state index contributed by atoms with van der Waals surface area (Å²) in [4.78, 5) is 19.5. The summed E-state index contributed by atoms with van der Waals surface area (Å²) in [6.07, 6.45) is 3.04. The molecule has 3 rings (SSSR count). The first-order chi connectivity index (χ1) is 8.29. The first-order valence-electron chi connectivity index (χ1n) is 5.67. The van der Waals surface area contributed by atoms with Crippen molar-refractivity contribution in [3.8, 4) is 0 Å². The number of nitrogens with zero attached hydrogens (tertiary/aromatic N) is 2. The molecular weight excluding hydrogens is 220 g/mol. The van der Waals surface area contributed by atoms with Crippen LogP contribution in [0, 0.1) is 11.8 Å². The second-order valence-corrected chi connectivity index (χ2v) is 4.44. The highest BCUT2D eigenvalue weighted by Gasteiger charge is 2.53. The van der Waals surface area contributed by atoms with Gasteiger partial charge in [0.05, 0.1) is 19.5 Å². The van der Waals surface area contributed by atoms with Crippen molar-refractivity contribution in [1.82, 2.24) is 15.3 Å². The summed E-state index contributed by atoms with van der Waals surface area (Å²) in [5.41, 5.74) is 0.237. The minimum atomic E-state index is -0.459. The van der Waals surface area contributed by atoms with Crippen LogP contribution in [-0.2, 0) is 4.74 Å². The molecule has 0 amide bonds. The van der Waals surface area contributed by atoms with Crippen LogP contribution in [0.15, 0.2) is 12.4 Å². The Morgan fingerprint density at radius 2 is 2.24 bits per heavy atom. The molecule has 2 unspecified atom stereocenters. The Morgan fingerprint density at radius 3 is 2.94 bits per heavy atom. The Kier molecular flexibility index (Phi) is 2.44. The first-order valence-corrected chi connectivity index (χ1v) is 5.67. The van der Waals surface area contributed by atoms with Crippen LogP contribution in [-0.4, -0.2) is 42.2 Å². The molecule has 2 fully saturated rings. The van der Waals surface area contributed by atoms with Crippen molar-refractivity contribution in [3.63, 3.8) is 0 Å². The van der Waals surface area contributed by atoms with Gasteiger partial charge < -0.3 is 15.4 Å². The molecule has 1 saturated heterocycles. The molecule has 17 heavy (non-hydrogen) atoms. The van der Waals surface area contributed by atoms with E-state index in [1.165, 1.54) is 13.3 Å². The van der Waals surface area contributed by atoms with E-state index in [1.54, 1.807) is 6.20 Å². The number of methoxy groups -OCH3 is 1. The van der Waals surface area contributed by atoms with E-state index in [1.807, 2.05) is 0 Å². The van der Waals surface area contributed by atoms with Gasteiger partial charge in [0.25, 0.3) is 0 Å². The summed E-state index contributed by atoms with van der Waals surface area (Å²) >= 11 is 0. The van der Waals surface area contributed by atoms with Crippen LogP contribution in [0.25, 0.3) is 0 Å². The number of carbonyl (C=O) groups is 1. The van der Waals surface area contributed by atoms with E-state index >= 15 is 0 Å². The third kappa shape index (κ3) is 1.84. The quantitative estimate of drug-likeness (QED) is 0.711. The van der Waals surface area contributed by atoms with Gasteiger partial charge in [-0.15, -0.1) is 0 Å². The number of nitrogens with one attached hydrogen (secondary N) is 2. The van der Waals surface area contributed by atoms with E-state index in [2.05, 4.69) is 25.3 Å². The Hall–Kier alpha value is -1.69. The molecular formula is C11H14N4O2. The topological polar surface area (TPSA) is 76.1 Å². The van der Waals surface area contributed by atoms with E-state index < -0.39 is 5.97 Å². The van der Waals surface area contributed by atoms with Crippen LogP contribution in [0.1, 0.15) is 10.5 Å². The van der Waals surface area contributed by atoms with E-state index in [9.17, 15) is 4.79 Å². The molecule has 2 atom stereocenters. The van der Waals surface area contributed by atoms with Gasteiger partial charge in [-0.1, -0.05) is 0 Å². The Balaban J connectivity index is 1.69. The van der Waals surface area contributed by atoms with Crippen LogP contribution in [0.2, 0.25) is 0 Å². The second-order valence-electron chi connectivity index (χ2n) is 4.44. The first kappa shape index (κ1) is 10.5. The SMILES string of the molecule is COC(=O)c1cncc(NC2C3CNCC32)n1. The number of esters is 1. The highest BCUT2D eigenvalue weighted by Crippen LogP contribution is 2.43. The molecule has 6 nitrogen and oxygen atoms in total. The standard InChI is InChI=1S/C11H14N4O2/c1-17-11(16)8-4-13-5-9(14-8)15-10-6-2-12-3-7(6)10/h4-7,10,12H,2-3H2,1H3,(H,14,15). The predicted octanol–water partition coefficient (Wildman–Crippen LogP) is -0.107. The summed E-state index contributed by atoms with van der Waals surface area (Å²) < 4.78 is 4.61. The minimum absolute atomic E-state index is 0.237. The zero-order valence-corrected chi connectivity index (χ0v) is 9.51. The highest BCUT2D eigenvalue weighted by molar-refractivity contribution is 5.87. The minimum Gasteiger partial charge on any atom is -0.464 e. The van der Waals surface area contributed by atoms with Crippen molar-refractivity contribution in [2.45, 2.75) is 6.04 Å². The Labute approximate surface area is 98.8 Å². The van der Waals surface area contributed by atoms with Crippen molar-refractivity contribution in [2.75, 3.05) is 25.5 Å². The van der Waals surface area contributed by atoms with Gasteiger partial charge in [-0.05, 0) is 11.8 Å². The van der Waals surface area contributed by atoms with Gasteiger partial charge in [0, 0.05) is 19.1 Å². The summed E-state index contributed by atoms with van der Waals surface area (Å²) in [7, 11) is 1.33. The zero-order chi connectivity index (χ0) is 11.8. The van der Waals surface area contributed by atoms with Gasteiger partial charge >= 0.3 is 5.97 Å². The average Bonchev–Trinajstić information content (AvgIpc) is 2.80. The number of anilines is 1. The molecule has 1 aliphatic heterocycles. The van der Waals surface area contributed by atoms with Gasteiger partial charge in [-0.25, -0.2) is 9.78 Å². The Morgan fingerprint density at radius 1 is 1.47 bits per heavy atom. The number of piperidine rings is 1. The molecule has 0 spiro atoms. The van der Waals surface area contributed by atoms with Crippen LogP contribution in [0.4, 0.5) is 5.82 Å². The number of ether oxygens (including phenoxy) is 1. The second kappa shape index (κ2) is 3.96. The fourth-order valence-electron chi connectivity index (χ4n) is 2.44. The van der Waals surface area contributed by atoms with Gasteiger partial charge in [-0.3, -0.25) is 4.98 Å². The summed E-state index contributed by atoms with van der Waals surface area (Å²) in [5.74, 6) is 1.57. The molecule has 0 aromatic carbocycles. The molecule has 0 bridgehead atoms. The van der Waals surface area contributed by atoms with Gasteiger partial charge in [-0.2, -0.15) is 0 Å². The number of hydrogen-bond acceptors (Lipinski definition) is 6. The lowest BCUT2D eigenvalue weighted by Gasteiger charge is -2.08. The summed E-state index contributed by atoms with van der Waals surface area (Å²) in [6, 6.07) is 0.471. The van der Waals surface area contributed by atoms with E-state index in [0.717, 1.165) is 13.1 Å². The lowest BCUT2D eigenvalue weighted by atomic mass is 10.4. The lowest BCUT2D eigenvalue weighted by molar-refractivity contribution is 0.0593. The summed E-state index contributed by atoms with van der Waals surface area (Å²) in [6.45, 7) is 2.12. The molecule has 90 valence electrons. The third-order valence-electron chi connectivity index (χ3n) is 3.44. The van der Waals surface area contributed by atoms with Gasteiger partial charge in [0.15, 0.2) is 5.69 Å². The predicted molar refractivity (Wildman–Crippen MR) is 60.6 cm³/mol. The third-order valence-corrected chi connectivity index (χ3v) is 3.44. The lowest BCUT2D eigenvalue weighted by Crippen LogP contribution is -2.22. The number of aromatic nitrogens is 2. The number of hydrogen-bond donors (Lipinski definition) is 2. The molecule has 1 aromatic heterocycles. The van der Waals surface area contributed by atoms with Crippen molar-refractivity contribution < 1.29 is 9.53 Å². The molecule has 1 aromatic rings. The normalized spacial score (nSPS) is 29.6. The molecule has 6 heteroatoms. The molecule has 0 radical (unpaired) electrons. The molecule has 2 N–H and O–H groups in total. The maximum absolute atomic E-state index is 11.3. The molecule has 1 saturated carbocycles. The van der Waals surface area contributed by atoms with E-state index in [-0.39, 0.29) is 5.69 Å². The van der Waals surface area contributed by atoms with Gasteiger partial charge in [0.1, 0.15) is 5.82 Å². The molecule has 1 aliphatic carbocycles. The molecule has 2 heterocycles. The maximum atomic E-state index is 11.3. The summed E-state index contributed by atoms with van der Waals surface area (Å²) in [5, 5.41) is 6.64. The average molecular weight is 234 g/mol. The number of fused-ring (bicyclic) bond motifs is 1. The zero-order valence-electron chi connectivity index (χ0n) is 9.51. The largest absolute Gasteiger partial charge is 0.464 e. The Bertz CT molecular complexity index is 441. The highest BCUT2D eigenvalue weighted by atomic mass is 16.5. The number of carbonyl (C=O) groups excluding carboxylic acids is 1. The number of rotatable bonds is 3. The fraction of sp³-hybridized carbons (Fsp3) is 0.545. The van der Waals surface area contributed by atoms with Crippen molar-refractivity contribution in [1.29, 1.82) is 0 Å². The van der Waals surface area contributed by atoms with Crippen molar-refractivity contribution >= 4 is 11.8 Å². The van der Waals surface area contributed by atoms with Crippen molar-refractivity contribution in [2.24, 2.45) is 11.8 Å². The van der Waals surface area contributed by atoms with Crippen LogP contribution < -0.4 is 10.6 Å². The monoisotopic (exact) mass is 234 g/mol. The fourth-order valence-corrected chi connectivity index (χ4v) is 2.44. The van der Waals surface area contributed by atoms with Crippen LogP contribution in [0.5, 0.6) is 0 Å². The van der Waals surface area contributed by atoms with E-state index in [0.29, 0.717) is 23.7 Å².